The van der Waals surface area contributed by atoms with Gasteiger partial charge in [-0.15, -0.1) is 0 Å². The van der Waals surface area contributed by atoms with Crippen LogP contribution < -0.4 is 10.9 Å². The van der Waals surface area contributed by atoms with E-state index in [1.54, 1.807) is 0 Å². The van der Waals surface area contributed by atoms with E-state index in [4.69, 9.17) is 0 Å². The molecule has 20 heavy (non-hydrogen) atoms. The van der Waals surface area contributed by atoms with E-state index in [0.29, 0.717) is 13.0 Å². The Labute approximate surface area is 118 Å². The van der Waals surface area contributed by atoms with Crippen LogP contribution in [0.3, 0.4) is 0 Å². The zero-order valence-electron chi connectivity index (χ0n) is 11.9. The zero-order chi connectivity index (χ0) is 14.1. The fraction of sp³-hybridized carbons (Fsp3) is 0.375. The van der Waals surface area contributed by atoms with E-state index < -0.39 is 0 Å². The van der Waals surface area contributed by atoms with Crippen LogP contribution in [-0.2, 0) is 19.4 Å². The number of hydrogen-bond acceptors (Lipinski definition) is 3. The van der Waals surface area contributed by atoms with Crippen LogP contribution in [0, 0.1) is 13.8 Å². The van der Waals surface area contributed by atoms with Gasteiger partial charge in [-0.25, -0.2) is 4.98 Å². The molecule has 3 rings (SSSR count). The second kappa shape index (κ2) is 5.21. The summed E-state index contributed by atoms with van der Waals surface area (Å²) in [5, 5.41) is 3.26. The second-order valence-corrected chi connectivity index (χ2v) is 5.54. The second-order valence-electron chi connectivity index (χ2n) is 5.54. The molecule has 0 unspecified atom stereocenters. The minimum absolute atomic E-state index is 0.0240. The van der Waals surface area contributed by atoms with Crippen LogP contribution in [-0.4, -0.2) is 16.5 Å². The lowest BCUT2D eigenvalue weighted by Gasteiger charge is -2.16. The lowest BCUT2D eigenvalue weighted by atomic mass is 10.0. The van der Waals surface area contributed by atoms with E-state index in [1.807, 2.05) is 0 Å². The van der Waals surface area contributed by atoms with Gasteiger partial charge < -0.3 is 10.3 Å². The van der Waals surface area contributed by atoms with Gasteiger partial charge in [0.15, 0.2) is 0 Å². The van der Waals surface area contributed by atoms with Crippen LogP contribution in [0.1, 0.15) is 33.8 Å². The summed E-state index contributed by atoms with van der Waals surface area (Å²) < 4.78 is 0. The van der Waals surface area contributed by atoms with E-state index in [0.717, 1.165) is 30.0 Å². The van der Waals surface area contributed by atoms with Gasteiger partial charge in [-0.3, -0.25) is 4.79 Å². The summed E-state index contributed by atoms with van der Waals surface area (Å²) in [6.45, 7) is 5.72. The predicted octanol–water partition coefficient (Wildman–Crippen LogP) is 1.62. The molecule has 1 aliphatic heterocycles. The van der Waals surface area contributed by atoms with Crippen molar-refractivity contribution in [3.05, 3.63) is 62.3 Å². The number of fused-ring (bicyclic) bond motifs is 1. The van der Waals surface area contributed by atoms with Gasteiger partial charge in [-0.05, 0) is 32.4 Å². The van der Waals surface area contributed by atoms with Crippen molar-refractivity contribution in [2.45, 2.75) is 33.2 Å². The highest BCUT2D eigenvalue weighted by Gasteiger charge is 2.15. The van der Waals surface area contributed by atoms with Crippen molar-refractivity contribution in [2.75, 3.05) is 6.54 Å². The van der Waals surface area contributed by atoms with E-state index in [9.17, 15) is 4.79 Å². The maximum absolute atomic E-state index is 12.1. The van der Waals surface area contributed by atoms with Crippen LogP contribution in [0.2, 0.25) is 0 Å². The molecule has 4 heteroatoms. The van der Waals surface area contributed by atoms with Crippen LogP contribution in [0.5, 0.6) is 0 Å². The van der Waals surface area contributed by atoms with Crippen molar-refractivity contribution in [3.8, 4) is 0 Å². The number of rotatable bonds is 2. The Bertz CT molecular complexity index is 683. The fourth-order valence-electron chi connectivity index (χ4n) is 2.87. The standard InChI is InChI=1S/C16H19N3O/c1-10-5-11(2)7-12(6-10)8-15-18-14-9-17-4-3-13(14)16(20)19-15/h5-7,17H,3-4,8-9H2,1-2H3,(H,18,19,20). The number of aryl methyl sites for hydroxylation is 2. The van der Waals surface area contributed by atoms with Crippen molar-refractivity contribution < 1.29 is 0 Å². The van der Waals surface area contributed by atoms with Gasteiger partial charge in [-0.2, -0.15) is 0 Å². The van der Waals surface area contributed by atoms with Crippen molar-refractivity contribution in [1.82, 2.24) is 15.3 Å². The molecule has 1 aromatic carbocycles. The molecule has 1 aliphatic rings. The van der Waals surface area contributed by atoms with Crippen molar-refractivity contribution in [2.24, 2.45) is 0 Å². The molecule has 0 atom stereocenters. The Balaban J connectivity index is 1.95. The molecule has 0 spiro atoms. The summed E-state index contributed by atoms with van der Waals surface area (Å²) in [5.41, 5.74) is 5.43. The molecule has 0 saturated heterocycles. The number of nitrogens with zero attached hydrogens (tertiary/aromatic N) is 1. The first kappa shape index (κ1) is 13.1. The molecule has 0 fully saturated rings. The number of benzene rings is 1. The summed E-state index contributed by atoms with van der Waals surface area (Å²) >= 11 is 0. The number of aromatic nitrogens is 2. The van der Waals surface area contributed by atoms with Crippen molar-refractivity contribution in [3.63, 3.8) is 0 Å². The van der Waals surface area contributed by atoms with Crippen LogP contribution in [0.15, 0.2) is 23.0 Å². The third kappa shape index (κ3) is 2.65. The minimum atomic E-state index is 0.0240. The molecular weight excluding hydrogens is 250 g/mol. The molecule has 1 aromatic heterocycles. The zero-order valence-corrected chi connectivity index (χ0v) is 11.9. The summed E-state index contributed by atoms with van der Waals surface area (Å²) in [5.74, 6) is 0.752. The molecular formula is C16H19N3O. The Hall–Kier alpha value is -1.94. The third-order valence-corrected chi connectivity index (χ3v) is 3.65. The van der Waals surface area contributed by atoms with Crippen molar-refractivity contribution in [1.29, 1.82) is 0 Å². The van der Waals surface area contributed by atoms with Gasteiger partial charge in [0, 0.05) is 18.5 Å². The maximum atomic E-state index is 12.1. The molecule has 104 valence electrons. The summed E-state index contributed by atoms with van der Waals surface area (Å²) in [6.07, 6.45) is 1.44. The number of aromatic amines is 1. The Morgan fingerprint density at radius 1 is 1.20 bits per heavy atom. The van der Waals surface area contributed by atoms with E-state index in [2.05, 4.69) is 47.3 Å². The molecule has 2 N–H and O–H groups in total. The minimum Gasteiger partial charge on any atom is -0.311 e. The highest BCUT2D eigenvalue weighted by Crippen LogP contribution is 2.13. The van der Waals surface area contributed by atoms with Crippen molar-refractivity contribution >= 4 is 0 Å². The summed E-state index contributed by atoms with van der Waals surface area (Å²) in [4.78, 5) is 19.6. The van der Waals surface area contributed by atoms with Gasteiger partial charge in [0.1, 0.15) is 5.82 Å². The van der Waals surface area contributed by atoms with Gasteiger partial charge >= 0.3 is 0 Å². The SMILES string of the molecule is Cc1cc(C)cc(Cc2nc3c(c(=O)[nH]2)CCNC3)c1. The fourth-order valence-corrected chi connectivity index (χ4v) is 2.87. The average Bonchev–Trinajstić information content (AvgIpc) is 2.37. The van der Waals surface area contributed by atoms with Crippen LogP contribution >= 0.6 is 0 Å². The molecule has 0 aliphatic carbocycles. The van der Waals surface area contributed by atoms with Gasteiger partial charge in [0.2, 0.25) is 0 Å². The summed E-state index contributed by atoms with van der Waals surface area (Å²) in [7, 11) is 0. The first-order valence-corrected chi connectivity index (χ1v) is 7.00. The average molecular weight is 269 g/mol. The van der Waals surface area contributed by atoms with Gasteiger partial charge in [0.05, 0.1) is 5.69 Å². The molecule has 2 aromatic rings. The van der Waals surface area contributed by atoms with E-state index >= 15 is 0 Å². The van der Waals surface area contributed by atoms with E-state index in [1.165, 1.54) is 16.7 Å². The predicted molar refractivity (Wildman–Crippen MR) is 79.0 cm³/mol. The molecule has 4 nitrogen and oxygen atoms in total. The van der Waals surface area contributed by atoms with Gasteiger partial charge in [-0.1, -0.05) is 29.3 Å². The first-order valence-electron chi connectivity index (χ1n) is 7.00. The topological polar surface area (TPSA) is 57.8 Å². The number of hydrogen-bond donors (Lipinski definition) is 2. The monoisotopic (exact) mass is 269 g/mol. The normalized spacial score (nSPS) is 14.1. The first-order chi connectivity index (χ1) is 9.61. The van der Waals surface area contributed by atoms with Crippen LogP contribution in [0.4, 0.5) is 0 Å². The highest BCUT2D eigenvalue weighted by molar-refractivity contribution is 5.31. The lowest BCUT2D eigenvalue weighted by molar-refractivity contribution is 0.613. The molecule has 0 radical (unpaired) electrons. The Kier molecular flexibility index (Phi) is 3.40. The lowest BCUT2D eigenvalue weighted by Crippen LogP contribution is -2.31. The molecule has 0 bridgehead atoms. The number of nitrogens with one attached hydrogen (secondary N) is 2. The van der Waals surface area contributed by atoms with E-state index in [-0.39, 0.29) is 5.56 Å². The highest BCUT2D eigenvalue weighted by atomic mass is 16.1. The Morgan fingerprint density at radius 3 is 2.70 bits per heavy atom. The summed E-state index contributed by atoms with van der Waals surface area (Å²) in [6, 6.07) is 6.44. The molecule has 0 saturated carbocycles. The quantitative estimate of drug-likeness (QED) is 0.871. The molecule has 2 heterocycles. The largest absolute Gasteiger partial charge is 0.311 e. The van der Waals surface area contributed by atoms with Crippen LogP contribution in [0.25, 0.3) is 0 Å². The van der Waals surface area contributed by atoms with Gasteiger partial charge in [0.25, 0.3) is 5.56 Å². The number of H-pyrrole nitrogens is 1. The Morgan fingerprint density at radius 2 is 1.95 bits per heavy atom. The maximum Gasteiger partial charge on any atom is 0.254 e. The molecule has 0 amide bonds. The smallest absolute Gasteiger partial charge is 0.254 e. The third-order valence-electron chi connectivity index (χ3n) is 3.65.